The number of sulfonamides is 2. The first-order valence-corrected chi connectivity index (χ1v) is 16.2. The largest absolute Gasteiger partial charge is 0.480 e. The Labute approximate surface area is 229 Å². The number of alkyl halides is 6. The SMILES string of the molecule is CCCCCCCCCCCCCCCC[N+](C)(CCO)CCO.O=S(=O)([N-]S(=O)(=O)C(F)(F)F)C(F)(F)F. The number of quaternary nitrogens is 1. The molecule has 0 fully saturated rings. The lowest BCUT2D eigenvalue weighted by molar-refractivity contribution is -0.910. The van der Waals surface area contributed by atoms with Gasteiger partial charge in [-0.3, -0.25) is 0 Å². The van der Waals surface area contributed by atoms with Gasteiger partial charge in [-0.25, -0.2) is 16.8 Å². The van der Waals surface area contributed by atoms with Gasteiger partial charge in [-0.1, -0.05) is 84.0 Å². The highest BCUT2D eigenvalue weighted by atomic mass is 32.3. The van der Waals surface area contributed by atoms with Crippen molar-refractivity contribution in [3.8, 4) is 0 Å². The van der Waals surface area contributed by atoms with Crippen molar-refractivity contribution >= 4 is 20.0 Å². The van der Waals surface area contributed by atoms with Crippen LogP contribution < -0.4 is 0 Å². The third-order valence-corrected chi connectivity index (χ3v) is 8.85. The number of nitrogens with zero attached hydrogens (tertiary/aromatic N) is 2. The topological polar surface area (TPSA) is 123 Å². The Hall–Kier alpha value is -0.680. The van der Waals surface area contributed by atoms with E-state index in [9.17, 15) is 43.2 Å². The van der Waals surface area contributed by atoms with Crippen molar-refractivity contribution in [3.63, 3.8) is 0 Å². The molecule has 0 spiro atoms. The van der Waals surface area contributed by atoms with Crippen LogP contribution in [0.1, 0.15) is 96.8 Å². The van der Waals surface area contributed by atoms with Crippen LogP contribution in [0.25, 0.3) is 4.13 Å². The second-order valence-electron chi connectivity index (χ2n) is 9.75. The fourth-order valence-electron chi connectivity index (χ4n) is 3.72. The summed E-state index contributed by atoms with van der Waals surface area (Å²) >= 11 is 0. The van der Waals surface area contributed by atoms with Gasteiger partial charge in [0.05, 0.1) is 26.8 Å². The molecule has 0 rings (SSSR count). The molecular formula is C23H46F6N2O6S2. The summed E-state index contributed by atoms with van der Waals surface area (Å²) in [5.74, 6) is 0. The van der Waals surface area contributed by atoms with Crippen LogP contribution in [0.2, 0.25) is 0 Å². The molecule has 8 nitrogen and oxygen atoms in total. The maximum absolute atomic E-state index is 11.4. The Morgan fingerprint density at radius 3 is 1.10 bits per heavy atom. The first-order valence-electron chi connectivity index (χ1n) is 13.3. The molecule has 0 unspecified atom stereocenters. The van der Waals surface area contributed by atoms with Crippen LogP contribution in [0.15, 0.2) is 0 Å². The van der Waals surface area contributed by atoms with E-state index in [1.807, 2.05) is 0 Å². The van der Waals surface area contributed by atoms with Gasteiger partial charge in [0.25, 0.3) is 0 Å². The molecule has 0 saturated carbocycles. The molecule has 238 valence electrons. The van der Waals surface area contributed by atoms with E-state index >= 15 is 0 Å². The van der Waals surface area contributed by atoms with Crippen LogP contribution in [0.3, 0.4) is 0 Å². The number of rotatable bonds is 21. The summed E-state index contributed by atoms with van der Waals surface area (Å²) in [5.41, 5.74) is -12.4. The van der Waals surface area contributed by atoms with Crippen molar-refractivity contribution in [1.29, 1.82) is 0 Å². The van der Waals surface area contributed by atoms with Gasteiger partial charge in [0.15, 0.2) is 20.0 Å². The van der Waals surface area contributed by atoms with E-state index < -0.39 is 31.1 Å². The van der Waals surface area contributed by atoms with E-state index in [0.717, 1.165) is 28.2 Å². The van der Waals surface area contributed by atoms with Crippen molar-refractivity contribution in [1.82, 2.24) is 0 Å². The quantitative estimate of drug-likeness (QED) is 0.0924. The summed E-state index contributed by atoms with van der Waals surface area (Å²) in [4.78, 5) is 0. The molecule has 0 heterocycles. The molecule has 0 aliphatic rings. The summed E-state index contributed by atoms with van der Waals surface area (Å²) in [6, 6.07) is 0. The van der Waals surface area contributed by atoms with E-state index in [4.69, 9.17) is 10.2 Å². The van der Waals surface area contributed by atoms with Crippen LogP contribution in [0.4, 0.5) is 26.3 Å². The molecular weight excluding hydrogens is 578 g/mol. The van der Waals surface area contributed by atoms with Gasteiger partial charge in [-0.05, 0) is 12.8 Å². The van der Waals surface area contributed by atoms with Crippen molar-refractivity contribution in [3.05, 3.63) is 4.13 Å². The first kappa shape index (κ1) is 40.5. The Bertz CT molecular complexity index is 774. The summed E-state index contributed by atoms with van der Waals surface area (Å²) in [5, 5.41) is 18.3. The average molecular weight is 625 g/mol. The average Bonchev–Trinajstić information content (AvgIpc) is 2.78. The minimum Gasteiger partial charge on any atom is -0.421 e. The fraction of sp³-hybridized carbons (Fsp3) is 1.00. The summed E-state index contributed by atoms with van der Waals surface area (Å²) in [6.07, 6.45) is 19.4. The van der Waals surface area contributed by atoms with Gasteiger partial charge in [0.2, 0.25) is 0 Å². The third kappa shape index (κ3) is 19.9. The normalized spacial score (nSPS) is 13.3. The smallest absolute Gasteiger partial charge is 0.421 e. The fourth-order valence-corrected chi connectivity index (χ4v) is 5.43. The van der Waals surface area contributed by atoms with E-state index in [1.165, 1.54) is 89.9 Å². The molecule has 0 bridgehead atoms. The van der Waals surface area contributed by atoms with Gasteiger partial charge >= 0.3 is 11.0 Å². The van der Waals surface area contributed by atoms with Crippen LogP contribution in [-0.2, 0) is 20.0 Å². The number of aliphatic hydroxyl groups excluding tert-OH is 2. The highest BCUT2D eigenvalue weighted by Gasteiger charge is 2.46. The van der Waals surface area contributed by atoms with E-state index in [2.05, 4.69) is 14.0 Å². The highest BCUT2D eigenvalue weighted by Crippen LogP contribution is 2.36. The minimum absolute atomic E-state index is 0.217. The summed E-state index contributed by atoms with van der Waals surface area (Å²) in [7, 11) is -11.3. The Morgan fingerprint density at radius 2 is 0.846 bits per heavy atom. The van der Waals surface area contributed by atoms with Crippen LogP contribution in [0.5, 0.6) is 0 Å². The monoisotopic (exact) mass is 624 g/mol. The molecule has 0 atom stereocenters. The zero-order valence-electron chi connectivity index (χ0n) is 22.9. The number of hydrogen-bond donors (Lipinski definition) is 2. The maximum atomic E-state index is 11.4. The Balaban J connectivity index is 0. The summed E-state index contributed by atoms with van der Waals surface area (Å²) in [6.45, 7) is 5.32. The zero-order valence-corrected chi connectivity index (χ0v) is 24.6. The molecule has 0 aromatic rings. The van der Waals surface area contributed by atoms with Crippen LogP contribution in [-0.4, -0.2) is 82.4 Å². The van der Waals surface area contributed by atoms with Crippen LogP contribution in [0, 0.1) is 0 Å². The first-order chi connectivity index (χ1) is 17.9. The number of hydrogen-bond acceptors (Lipinski definition) is 6. The molecule has 0 amide bonds. The highest BCUT2D eigenvalue weighted by molar-refractivity contribution is 8.13. The number of likely N-dealkylation sites (N-methyl/N-ethyl adjacent to an activating group) is 1. The molecule has 16 heteroatoms. The van der Waals surface area contributed by atoms with E-state index in [1.54, 1.807) is 0 Å². The van der Waals surface area contributed by atoms with Crippen LogP contribution >= 0.6 is 0 Å². The van der Waals surface area contributed by atoms with Crippen molar-refractivity contribution in [2.75, 3.05) is 39.9 Å². The van der Waals surface area contributed by atoms with Gasteiger partial charge in [0.1, 0.15) is 13.1 Å². The molecule has 0 aliphatic carbocycles. The number of aliphatic hydroxyl groups is 2. The van der Waals surface area contributed by atoms with Crippen molar-refractivity contribution in [2.24, 2.45) is 0 Å². The Morgan fingerprint density at radius 1 is 0.564 bits per heavy atom. The van der Waals surface area contributed by atoms with Gasteiger partial charge in [-0.2, -0.15) is 26.3 Å². The predicted molar refractivity (Wildman–Crippen MR) is 139 cm³/mol. The lowest BCUT2D eigenvalue weighted by Crippen LogP contribution is -2.48. The predicted octanol–water partition coefficient (Wildman–Crippen LogP) is 5.96. The lowest BCUT2D eigenvalue weighted by atomic mass is 10.0. The molecule has 2 N–H and O–H groups in total. The molecule has 0 aromatic heterocycles. The molecule has 0 saturated heterocycles. The third-order valence-electron chi connectivity index (χ3n) is 6.11. The van der Waals surface area contributed by atoms with Gasteiger partial charge in [0, 0.05) is 0 Å². The molecule has 0 aliphatic heterocycles. The minimum atomic E-state index is -6.72. The second kappa shape index (κ2) is 20.2. The number of halogens is 6. The number of unbranched alkanes of at least 4 members (excludes halogenated alkanes) is 13. The standard InChI is InChI=1S/C21H46NO2.C2F6NO4S2/c1-3-4-5-6-7-8-9-10-11-12-13-14-15-16-17-22(2,18-20-23)19-21-24;3-1(4,5)14(10,11)9-15(12,13)2(6,7)8/h23-24H,3-21H2,1-2H3;/q+1;-1. The maximum Gasteiger partial charge on any atom is 0.480 e. The second-order valence-corrected chi connectivity index (χ2v) is 13.2. The Kier molecular flexibility index (Phi) is 21.0. The van der Waals surface area contributed by atoms with E-state index in [0.29, 0.717) is 0 Å². The molecule has 39 heavy (non-hydrogen) atoms. The molecule has 0 radical (unpaired) electrons. The van der Waals surface area contributed by atoms with E-state index in [-0.39, 0.29) is 13.2 Å². The molecule has 0 aromatic carbocycles. The van der Waals surface area contributed by atoms with Crippen molar-refractivity contribution in [2.45, 2.75) is 108 Å². The van der Waals surface area contributed by atoms with Gasteiger partial charge < -0.3 is 18.8 Å². The van der Waals surface area contributed by atoms with Crippen molar-refractivity contribution < 1.29 is 57.9 Å². The zero-order chi connectivity index (χ0) is 30.6. The lowest BCUT2D eigenvalue weighted by Gasteiger charge is -2.33. The van der Waals surface area contributed by atoms with Gasteiger partial charge in [-0.15, -0.1) is 0 Å². The summed E-state index contributed by atoms with van der Waals surface area (Å²) < 4.78 is 110.